The molecule has 13 heavy (non-hydrogen) atoms. The average molecular weight is 184 g/mol. The third-order valence-corrected chi connectivity index (χ3v) is 3.39. The highest BCUT2D eigenvalue weighted by Crippen LogP contribution is 2.38. The van der Waals surface area contributed by atoms with E-state index in [1.54, 1.807) is 0 Å². The van der Waals surface area contributed by atoms with E-state index in [4.69, 9.17) is 5.11 Å². The minimum Gasteiger partial charge on any atom is -0.396 e. The van der Waals surface area contributed by atoms with Gasteiger partial charge in [-0.05, 0) is 25.3 Å². The average Bonchev–Trinajstić information content (AvgIpc) is 2.88. The monoisotopic (exact) mass is 184 g/mol. The van der Waals surface area contributed by atoms with Gasteiger partial charge in [0, 0.05) is 39.3 Å². The van der Waals surface area contributed by atoms with Crippen LogP contribution in [0, 0.1) is 11.8 Å². The number of likely N-dealkylation sites (N-methyl/N-ethyl adjacent to an activating group) is 1. The molecule has 2 unspecified atom stereocenters. The van der Waals surface area contributed by atoms with E-state index < -0.39 is 0 Å². The van der Waals surface area contributed by atoms with Gasteiger partial charge < -0.3 is 14.9 Å². The Balaban J connectivity index is 1.66. The first-order chi connectivity index (χ1) is 6.29. The number of hydrogen-bond donors (Lipinski definition) is 1. The van der Waals surface area contributed by atoms with Crippen LogP contribution < -0.4 is 0 Å². The summed E-state index contributed by atoms with van der Waals surface area (Å²) >= 11 is 0. The van der Waals surface area contributed by atoms with Crippen LogP contribution in [0.25, 0.3) is 0 Å². The fraction of sp³-hybridized carbons (Fsp3) is 1.00. The number of hydrogen-bond acceptors (Lipinski definition) is 3. The third kappa shape index (κ3) is 2.42. The zero-order valence-electron chi connectivity index (χ0n) is 8.45. The fourth-order valence-electron chi connectivity index (χ4n) is 2.12. The molecule has 1 N–H and O–H groups in total. The SMILES string of the molecule is CN1CCN(CC2CC2CO)CC1. The van der Waals surface area contributed by atoms with Gasteiger partial charge in [-0.3, -0.25) is 0 Å². The Morgan fingerprint density at radius 2 is 1.85 bits per heavy atom. The van der Waals surface area contributed by atoms with Crippen molar-refractivity contribution in [3.8, 4) is 0 Å². The van der Waals surface area contributed by atoms with Crippen LogP contribution in [0.1, 0.15) is 6.42 Å². The van der Waals surface area contributed by atoms with E-state index in [0.717, 1.165) is 5.92 Å². The maximum atomic E-state index is 8.92. The molecule has 0 aromatic rings. The third-order valence-electron chi connectivity index (χ3n) is 3.39. The van der Waals surface area contributed by atoms with Gasteiger partial charge in [0.1, 0.15) is 0 Å². The molecule has 1 aliphatic heterocycles. The molecule has 0 bridgehead atoms. The Labute approximate surface area is 80.3 Å². The Morgan fingerprint density at radius 1 is 1.15 bits per heavy atom. The van der Waals surface area contributed by atoms with Gasteiger partial charge in [-0.1, -0.05) is 0 Å². The number of nitrogens with zero attached hydrogens (tertiary/aromatic N) is 2. The van der Waals surface area contributed by atoms with Crippen LogP contribution in [0.4, 0.5) is 0 Å². The van der Waals surface area contributed by atoms with Crippen LogP contribution in [0.5, 0.6) is 0 Å². The molecule has 0 aromatic carbocycles. The molecule has 76 valence electrons. The van der Waals surface area contributed by atoms with Gasteiger partial charge in [0.15, 0.2) is 0 Å². The normalized spacial score (nSPS) is 36.5. The second-order valence-electron chi connectivity index (χ2n) is 4.54. The highest BCUT2D eigenvalue weighted by molar-refractivity contribution is 4.88. The van der Waals surface area contributed by atoms with Crippen molar-refractivity contribution < 1.29 is 5.11 Å². The maximum Gasteiger partial charge on any atom is 0.0462 e. The molecule has 0 radical (unpaired) electrons. The largest absolute Gasteiger partial charge is 0.396 e. The molecule has 2 rings (SSSR count). The predicted octanol–water partition coefficient (Wildman–Crippen LogP) is -0.138. The second kappa shape index (κ2) is 3.95. The molecule has 2 fully saturated rings. The summed E-state index contributed by atoms with van der Waals surface area (Å²) in [4.78, 5) is 4.92. The van der Waals surface area contributed by atoms with Crippen molar-refractivity contribution in [2.75, 3.05) is 46.4 Å². The van der Waals surface area contributed by atoms with Crippen molar-refractivity contribution in [1.29, 1.82) is 0 Å². The Morgan fingerprint density at radius 3 is 2.38 bits per heavy atom. The van der Waals surface area contributed by atoms with Crippen LogP contribution >= 0.6 is 0 Å². The zero-order valence-corrected chi connectivity index (χ0v) is 8.45. The van der Waals surface area contributed by atoms with E-state index in [0.29, 0.717) is 12.5 Å². The molecule has 1 heterocycles. The van der Waals surface area contributed by atoms with Crippen LogP contribution in [0.3, 0.4) is 0 Å². The van der Waals surface area contributed by atoms with Gasteiger partial charge in [0.2, 0.25) is 0 Å². The molecule has 0 aromatic heterocycles. The van der Waals surface area contributed by atoms with Gasteiger partial charge in [-0.25, -0.2) is 0 Å². The molecule has 3 heteroatoms. The van der Waals surface area contributed by atoms with Crippen molar-refractivity contribution in [2.45, 2.75) is 6.42 Å². The molecule has 2 aliphatic rings. The van der Waals surface area contributed by atoms with Crippen molar-refractivity contribution in [1.82, 2.24) is 9.80 Å². The standard InChI is InChI=1S/C10H20N2O/c1-11-2-4-12(5-3-11)7-9-6-10(9)8-13/h9-10,13H,2-8H2,1H3. The van der Waals surface area contributed by atoms with E-state index in [9.17, 15) is 0 Å². The van der Waals surface area contributed by atoms with Crippen molar-refractivity contribution in [2.24, 2.45) is 11.8 Å². The fourth-order valence-corrected chi connectivity index (χ4v) is 2.12. The van der Waals surface area contributed by atoms with Crippen molar-refractivity contribution >= 4 is 0 Å². The van der Waals surface area contributed by atoms with E-state index >= 15 is 0 Å². The molecule has 0 spiro atoms. The topological polar surface area (TPSA) is 26.7 Å². The van der Waals surface area contributed by atoms with E-state index in [1.165, 1.54) is 39.1 Å². The summed E-state index contributed by atoms with van der Waals surface area (Å²) in [6.45, 7) is 6.46. The lowest BCUT2D eigenvalue weighted by Gasteiger charge is -2.32. The number of rotatable bonds is 3. The predicted molar refractivity (Wildman–Crippen MR) is 52.6 cm³/mol. The van der Waals surface area contributed by atoms with Crippen molar-refractivity contribution in [3.63, 3.8) is 0 Å². The van der Waals surface area contributed by atoms with Gasteiger partial charge in [0.25, 0.3) is 0 Å². The van der Waals surface area contributed by atoms with Crippen LogP contribution in [0.2, 0.25) is 0 Å². The van der Waals surface area contributed by atoms with E-state index in [-0.39, 0.29) is 0 Å². The minimum absolute atomic E-state index is 0.401. The Hall–Kier alpha value is -0.120. The smallest absolute Gasteiger partial charge is 0.0462 e. The lowest BCUT2D eigenvalue weighted by atomic mass is 10.2. The highest BCUT2D eigenvalue weighted by atomic mass is 16.3. The zero-order chi connectivity index (χ0) is 9.26. The summed E-state index contributed by atoms with van der Waals surface area (Å²) in [6.07, 6.45) is 1.25. The van der Waals surface area contributed by atoms with Gasteiger partial charge in [-0.15, -0.1) is 0 Å². The molecule has 0 amide bonds. The van der Waals surface area contributed by atoms with E-state index in [1.807, 2.05) is 0 Å². The molecule has 1 aliphatic carbocycles. The number of piperazine rings is 1. The number of aliphatic hydroxyl groups excluding tert-OH is 1. The summed E-state index contributed by atoms with van der Waals surface area (Å²) < 4.78 is 0. The summed E-state index contributed by atoms with van der Waals surface area (Å²) in [5, 5.41) is 8.92. The van der Waals surface area contributed by atoms with Crippen molar-refractivity contribution in [3.05, 3.63) is 0 Å². The lowest BCUT2D eigenvalue weighted by Crippen LogP contribution is -2.45. The summed E-state index contributed by atoms with van der Waals surface area (Å²) in [7, 11) is 2.19. The lowest BCUT2D eigenvalue weighted by molar-refractivity contribution is 0.145. The Bertz CT molecular complexity index is 166. The summed E-state index contributed by atoms with van der Waals surface area (Å²) in [5.74, 6) is 1.42. The molecule has 2 atom stereocenters. The van der Waals surface area contributed by atoms with Gasteiger partial charge in [-0.2, -0.15) is 0 Å². The maximum absolute atomic E-state index is 8.92. The first-order valence-corrected chi connectivity index (χ1v) is 5.31. The van der Waals surface area contributed by atoms with Crippen LogP contribution in [0.15, 0.2) is 0 Å². The molecule has 1 saturated carbocycles. The number of aliphatic hydroxyl groups is 1. The highest BCUT2D eigenvalue weighted by Gasteiger charge is 2.37. The van der Waals surface area contributed by atoms with E-state index in [2.05, 4.69) is 16.8 Å². The van der Waals surface area contributed by atoms with Crippen LogP contribution in [-0.2, 0) is 0 Å². The first kappa shape index (κ1) is 9.44. The molecular weight excluding hydrogens is 164 g/mol. The minimum atomic E-state index is 0.401. The van der Waals surface area contributed by atoms with Crippen LogP contribution in [-0.4, -0.2) is 61.3 Å². The molecular formula is C10H20N2O. The summed E-state index contributed by atoms with van der Waals surface area (Å²) in [5.41, 5.74) is 0. The quantitative estimate of drug-likeness (QED) is 0.661. The first-order valence-electron chi connectivity index (χ1n) is 5.31. The Kier molecular flexibility index (Phi) is 2.86. The second-order valence-corrected chi connectivity index (χ2v) is 4.54. The molecule has 3 nitrogen and oxygen atoms in total. The van der Waals surface area contributed by atoms with Gasteiger partial charge in [0.05, 0.1) is 0 Å². The van der Waals surface area contributed by atoms with Gasteiger partial charge >= 0.3 is 0 Å². The summed E-state index contributed by atoms with van der Waals surface area (Å²) in [6, 6.07) is 0. The molecule has 1 saturated heterocycles.